The third-order valence-electron chi connectivity index (χ3n) is 2.85. The lowest BCUT2D eigenvalue weighted by Gasteiger charge is -2.20. The Kier molecular flexibility index (Phi) is 4.99. The maximum Gasteiger partial charge on any atom is 0.320 e. The van der Waals surface area contributed by atoms with Gasteiger partial charge in [-0.25, -0.2) is 0 Å². The number of hydrogen-bond donors (Lipinski definition) is 2. The van der Waals surface area contributed by atoms with Crippen molar-refractivity contribution in [3.8, 4) is 0 Å². The van der Waals surface area contributed by atoms with Crippen LogP contribution in [0.5, 0.6) is 0 Å². The highest BCUT2D eigenvalue weighted by Gasteiger charge is 2.22. The summed E-state index contributed by atoms with van der Waals surface area (Å²) in [6.07, 6.45) is 0.860. The Morgan fingerprint density at radius 1 is 1.38 bits per heavy atom. The summed E-state index contributed by atoms with van der Waals surface area (Å²) < 4.78 is 0. The number of nitrogens with one attached hydrogen (secondary N) is 1. The fourth-order valence-electron chi connectivity index (χ4n) is 1.59. The average Bonchev–Trinajstić information content (AvgIpc) is 2.30. The standard InChI is InChI=1S/C13H19NO2/c1-3-10(2)12(13(15)16)14-9-11-7-5-4-6-8-11/h4-8,10,12,14H,3,9H2,1-2H3,(H,15,16)/t10-,12+/m1/s1. The van der Waals surface area contributed by atoms with Gasteiger partial charge >= 0.3 is 5.97 Å². The number of carboxylic acid groups (broad SMARTS) is 1. The van der Waals surface area contributed by atoms with Crippen molar-refractivity contribution in [2.75, 3.05) is 0 Å². The van der Waals surface area contributed by atoms with E-state index < -0.39 is 12.0 Å². The van der Waals surface area contributed by atoms with Crippen molar-refractivity contribution >= 4 is 5.97 Å². The molecule has 3 nitrogen and oxygen atoms in total. The third-order valence-corrected chi connectivity index (χ3v) is 2.85. The summed E-state index contributed by atoms with van der Waals surface area (Å²) >= 11 is 0. The largest absolute Gasteiger partial charge is 0.480 e. The van der Waals surface area contributed by atoms with Crippen LogP contribution < -0.4 is 5.32 Å². The van der Waals surface area contributed by atoms with E-state index in [-0.39, 0.29) is 5.92 Å². The Hall–Kier alpha value is -1.35. The number of hydrogen-bond acceptors (Lipinski definition) is 2. The van der Waals surface area contributed by atoms with Gasteiger partial charge in [-0.15, -0.1) is 0 Å². The molecule has 2 N–H and O–H groups in total. The molecule has 0 saturated carbocycles. The number of carboxylic acids is 1. The van der Waals surface area contributed by atoms with Crippen LogP contribution >= 0.6 is 0 Å². The summed E-state index contributed by atoms with van der Waals surface area (Å²) in [5, 5.41) is 12.2. The summed E-state index contributed by atoms with van der Waals surface area (Å²) in [7, 11) is 0. The molecule has 0 spiro atoms. The molecule has 16 heavy (non-hydrogen) atoms. The Balaban J connectivity index is 2.54. The lowest BCUT2D eigenvalue weighted by atomic mass is 9.99. The number of carbonyl (C=O) groups is 1. The molecule has 0 aliphatic rings. The van der Waals surface area contributed by atoms with Gasteiger partial charge in [0.15, 0.2) is 0 Å². The van der Waals surface area contributed by atoms with E-state index in [0.29, 0.717) is 6.54 Å². The average molecular weight is 221 g/mol. The highest BCUT2D eigenvalue weighted by molar-refractivity contribution is 5.73. The summed E-state index contributed by atoms with van der Waals surface area (Å²) in [6, 6.07) is 9.37. The first-order valence-electron chi connectivity index (χ1n) is 5.65. The molecule has 0 aliphatic heterocycles. The molecule has 0 saturated heterocycles. The fourth-order valence-corrected chi connectivity index (χ4v) is 1.59. The topological polar surface area (TPSA) is 49.3 Å². The van der Waals surface area contributed by atoms with E-state index in [2.05, 4.69) is 5.32 Å². The van der Waals surface area contributed by atoms with Crippen LogP contribution in [-0.2, 0) is 11.3 Å². The summed E-state index contributed by atoms with van der Waals surface area (Å²) in [6.45, 7) is 4.56. The van der Waals surface area contributed by atoms with Crippen LogP contribution in [0.4, 0.5) is 0 Å². The number of benzene rings is 1. The molecule has 1 rings (SSSR count). The van der Waals surface area contributed by atoms with Gasteiger partial charge in [-0.2, -0.15) is 0 Å². The highest BCUT2D eigenvalue weighted by atomic mass is 16.4. The van der Waals surface area contributed by atoms with Gasteiger partial charge in [0.1, 0.15) is 6.04 Å². The lowest BCUT2D eigenvalue weighted by molar-refractivity contribution is -0.140. The Morgan fingerprint density at radius 3 is 2.50 bits per heavy atom. The van der Waals surface area contributed by atoms with Gasteiger partial charge in [0, 0.05) is 6.54 Å². The molecular formula is C13H19NO2. The maximum atomic E-state index is 11.1. The molecule has 88 valence electrons. The molecule has 0 amide bonds. The zero-order valence-corrected chi connectivity index (χ0v) is 9.81. The van der Waals surface area contributed by atoms with E-state index in [1.165, 1.54) is 0 Å². The first-order chi connectivity index (χ1) is 7.65. The van der Waals surface area contributed by atoms with Crippen molar-refractivity contribution < 1.29 is 9.90 Å². The molecule has 0 radical (unpaired) electrons. The van der Waals surface area contributed by atoms with E-state index in [1.54, 1.807) is 0 Å². The maximum absolute atomic E-state index is 11.1. The molecule has 0 heterocycles. The van der Waals surface area contributed by atoms with Gasteiger partial charge in [-0.3, -0.25) is 4.79 Å². The molecule has 0 aromatic heterocycles. The molecule has 1 aromatic rings. The van der Waals surface area contributed by atoms with Crippen molar-refractivity contribution in [2.24, 2.45) is 5.92 Å². The fraction of sp³-hybridized carbons (Fsp3) is 0.462. The van der Waals surface area contributed by atoms with Crippen molar-refractivity contribution in [3.63, 3.8) is 0 Å². The molecule has 1 aromatic carbocycles. The predicted octanol–water partition coefficient (Wildman–Crippen LogP) is 2.28. The minimum Gasteiger partial charge on any atom is -0.480 e. The molecule has 0 fully saturated rings. The minimum atomic E-state index is -0.773. The van der Waals surface area contributed by atoms with Gasteiger partial charge in [0.2, 0.25) is 0 Å². The van der Waals surface area contributed by atoms with E-state index >= 15 is 0 Å². The van der Waals surface area contributed by atoms with Crippen LogP contribution in [0.3, 0.4) is 0 Å². The van der Waals surface area contributed by atoms with Gasteiger partial charge in [0.25, 0.3) is 0 Å². The first-order valence-corrected chi connectivity index (χ1v) is 5.65. The molecule has 0 unspecified atom stereocenters. The van der Waals surface area contributed by atoms with Crippen LogP contribution in [0.25, 0.3) is 0 Å². The van der Waals surface area contributed by atoms with Gasteiger partial charge in [-0.1, -0.05) is 50.6 Å². The predicted molar refractivity (Wildman–Crippen MR) is 64.2 cm³/mol. The summed E-state index contributed by atoms with van der Waals surface area (Å²) in [5.41, 5.74) is 1.11. The third kappa shape index (κ3) is 3.66. The van der Waals surface area contributed by atoms with E-state index in [9.17, 15) is 4.79 Å². The monoisotopic (exact) mass is 221 g/mol. The first kappa shape index (κ1) is 12.7. The van der Waals surface area contributed by atoms with Crippen LogP contribution in [0, 0.1) is 5.92 Å². The van der Waals surface area contributed by atoms with Crippen molar-refractivity contribution in [3.05, 3.63) is 35.9 Å². The lowest BCUT2D eigenvalue weighted by Crippen LogP contribution is -2.41. The van der Waals surface area contributed by atoms with Gasteiger partial charge in [-0.05, 0) is 11.5 Å². The summed E-state index contributed by atoms with van der Waals surface area (Å²) in [5.74, 6) is -0.633. The second-order valence-electron chi connectivity index (χ2n) is 4.07. The second kappa shape index (κ2) is 6.28. The Bertz CT molecular complexity index is 324. The van der Waals surface area contributed by atoms with E-state index in [0.717, 1.165) is 12.0 Å². The zero-order valence-electron chi connectivity index (χ0n) is 9.81. The van der Waals surface area contributed by atoms with Crippen LogP contribution in [0.2, 0.25) is 0 Å². The molecular weight excluding hydrogens is 202 g/mol. The van der Waals surface area contributed by atoms with Crippen molar-refractivity contribution in [1.29, 1.82) is 0 Å². The Labute approximate surface area is 96.5 Å². The smallest absolute Gasteiger partial charge is 0.320 e. The SMILES string of the molecule is CC[C@@H](C)[C@H](NCc1ccccc1)C(=O)O. The Morgan fingerprint density at radius 2 is 2.00 bits per heavy atom. The second-order valence-corrected chi connectivity index (χ2v) is 4.07. The van der Waals surface area contributed by atoms with Crippen LogP contribution in [0.1, 0.15) is 25.8 Å². The van der Waals surface area contributed by atoms with Gasteiger partial charge in [0.05, 0.1) is 0 Å². The normalized spacial score (nSPS) is 14.4. The minimum absolute atomic E-state index is 0.140. The zero-order chi connectivity index (χ0) is 12.0. The van der Waals surface area contributed by atoms with E-state index in [1.807, 2.05) is 44.2 Å². The highest BCUT2D eigenvalue weighted by Crippen LogP contribution is 2.09. The number of rotatable bonds is 6. The van der Waals surface area contributed by atoms with Crippen LogP contribution in [-0.4, -0.2) is 17.1 Å². The molecule has 0 aliphatic carbocycles. The number of aliphatic carboxylic acids is 1. The van der Waals surface area contributed by atoms with Crippen molar-refractivity contribution in [1.82, 2.24) is 5.32 Å². The molecule has 2 atom stereocenters. The molecule has 3 heteroatoms. The van der Waals surface area contributed by atoms with Gasteiger partial charge < -0.3 is 10.4 Å². The summed E-state index contributed by atoms with van der Waals surface area (Å²) in [4.78, 5) is 11.1. The molecule has 0 bridgehead atoms. The van der Waals surface area contributed by atoms with Crippen LogP contribution in [0.15, 0.2) is 30.3 Å². The van der Waals surface area contributed by atoms with Crippen molar-refractivity contribution in [2.45, 2.75) is 32.9 Å². The quantitative estimate of drug-likeness (QED) is 0.774. The van der Waals surface area contributed by atoms with E-state index in [4.69, 9.17) is 5.11 Å².